The van der Waals surface area contributed by atoms with Crippen LogP contribution in [0.15, 0.2) is 28.5 Å². The first kappa shape index (κ1) is 23.3. The van der Waals surface area contributed by atoms with Crippen LogP contribution < -0.4 is 19.9 Å². The molecule has 3 N–H and O–H groups in total. The predicted molar refractivity (Wildman–Crippen MR) is 131 cm³/mol. The van der Waals surface area contributed by atoms with E-state index in [1.54, 1.807) is 0 Å². The lowest BCUT2D eigenvalue weighted by atomic mass is 10.3. The molecule has 0 aliphatic carbocycles. The Labute approximate surface area is 203 Å². The summed E-state index contributed by atoms with van der Waals surface area (Å²) in [6.45, 7) is 5.30. The standard InChI is InChI=1S/C19H23IN6O4S2/c1-11(2)9-32(27,28)24-3-4-26-18-16(17(21)22-10-23-18)25-19(26)31-15-8-14-13(7-12(15)20)29-5-6-30-14/h7-8,10-11,24H,3-6,9H2,1-2H3,(H2,21,22,23). The number of nitrogens with two attached hydrogens (primary N) is 1. The Morgan fingerprint density at radius 3 is 2.69 bits per heavy atom. The Kier molecular flexibility index (Phi) is 6.97. The number of nitrogens with zero attached hydrogens (tertiary/aromatic N) is 4. The van der Waals surface area contributed by atoms with Crippen molar-refractivity contribution >= 4 is 61.4 Å². The number of nitrogen functional groups attached to an aromatic ring is 1. The first-order chi connectivity index (χ1) is 15.2. The molecule has 32 heavy (non-hydrogen) atoms. The third-order valence-electron chi connectivity index (χ3n) is 4.53. The predicted octanol–water partition coefficient (Wildman–Crippen LogP) is 2.51. The summed E-state index contributed by atoms with van der Waals surface area (Å²) in [5.41, 5.74) is 7.05. The molecule has 2 aromatic heterocycles. The van der Waals surface area contributed by atoms with Crippen molar-refractivity contribution in [3.05, 3.63) is 22.0 Å². The smallest absolute Gasteiger partial charge is 0.211 e. The van der Waals surface area contributed by atoms with E-state index in [0.717, 1.165) is 8.47 Å². The van der Waals surface area contributed by atoms with Gasteiger partial charge in [-0.05, 0) is 40.6 Å². The highest BCUT2D eigenvalue weighted by Gasteiger charge is 2.21. The van der Waals surface area contributed by atoms with Gasteiger partial charge >= 0.3 is 0 Å². The van der Waals surface area contributed by atoms with Gasteiger partial charge in [0.2, 0.25) is 10.0 Å². The fraction of sp³-hybridized carbons (Fsp3) is 0.421. The molecule has 0 radical (unpaired) electrons. The van der Waals surface area contributed by atoms with Crippen molar-refractivity contribution in [2.45, 2.75) is 30.4 Å². The molecule has 3 aromatic rings. The number of halogens is 1. The van der Waals surface area contributed by atoms with Crippen LogP contribution in [0.5, 0.6) is 11.5 Å². The molecule has 0 unspecified atom stereocenters. The summed E-state index contributed by atoms with van der Waals surface area (Å²) >= 11 is 3.67. The molecule has 13 heteroatoms. The number of imidazole rings is 1. The van der Waals surface area contributed by atoms with Crippen molar-refractivity contribution in [2.24, 2.45) is 5.92 Å². The van der Waals surface area contributed by atoms with Gasteiger partial charge in [-0.15, -0.1) is 0 Å². The summed E-state index contributed by atoms with van der Waals surface area (Å²) in [4.78, 5) is 13.9. The number of hydrogen-bond acceptors (Lipinski definition) is 9. The molecule has 10 nitrogen and oxygen atoms in total. The maximum absolute atomic E-state index is 12.2. The Morgan fingerprint density at radius 2 is 1.97 bits per heavy atom. The number of nitrogens with one attached hydrogen (secondary N) is 1. The van der Waals surface area contributed by atoms with E-state index in [2.05, 4.69) is 42.3 Å². The lowest BCUT2D eigenvalue weighted by Gasteiger charge is -2.19. The number of fused-ring (bicyclic) bond motifs is 2. The van der Waals surface area contributed by atoms with Crippen LogP contribution in [-0.4, -0.2) is 53.4 Å². The topological polar surface area (TPSA) is 134 Å². The molecule has 4 rings (SSSR count). The number of sulfonamides is 1. The molecule has 0 atom stereocenters. The van der Waals surface area contributed by atoms with Crippen LogP contribution in [-0.2, 0) is 16.6 Å². The quantitative estimate of drug-likeness (QED) is 0.380. The van der Waals surface area contributed by atoms with Crippen molar-refractivity contribution in [3.63, 3.8) is 0 Å². The molecular formula is C19H23IN6O4S2. The van der Waals surface area contributed by atoms with E-state index in [-0.39, 0.29) is 24.0 Å². The van der Waals surface area contributed by atoms with Crippen LogP contribution in [0.4, 0.5) is 5.82 Å². The first-order valence-corrected chi connectivity index (χ1v) is 13.5. The molecule has 172 valence electrons. The van der Waals surface area contributed by atoms with Crippen LogP contribution in [0.25, 0.3) is 11.2 Å². The molecule has 0 spiro atoms. The second-order valence-corrected chi connectivity index (χ2v) is 11.6. The van der Waals surface area contributed by atoms with Crippen LogP contribution >= 0.6 is 34.4 Å². The number of rotatable bonds is 8. The van der Waals surface area contributed by atoms with Crippen molar-refractivity contribution in [1.29, 1.82) is 0 Å². The molecule has 0 saturated heterocycles. The summed E-state index contributed by atoms with van der Waals surface area (Å²) in [6, 6.07) is 3.85. The molecule has 1 aliphatic rings. The summed E-state index contributed by atoms with van der Waals surface area (Å²) in [7, 11) is -3.36. The minimum absolute atomic E-state index is 0.0394. The van der Waals surface area contributed by atoms with Crippen LogP contribution in [0, 0.1) is 9.49 Å². The molecule has 0 saturated carbocycles. The third-order valence-corrected chi connectivity index (χ3v) is 8.59. The Hall–Kier alpha value is -1.84. The van der Waals surface area contributed by atoms with E-state index in [1.165, 1.54) is 18.1 Å². The molecule has 1 aromatic carbocycles. The van der Waals surface area contributed by atoms with Gasteiger partial charge in [-0.2, -0.15) is 0 Å². The summed E-state index contributed by atoms with van der Waals surface area (Å²) < 4.78 is 41.3. The average molecular weight is 590 g/mol. The van der Waals surface area contributed by atoms with Gasteiger partial charge < -0.3 is 19.8 Å². The molecule has 1 aliphatic heterocycles. The average Bonchev–Trinajstić information content (AvgIpc) is 3.06. The lowest BCUT2D eigenvalue weighted by molar-refractivity contribution is 0.171. The van der Waals surface area contributed by atoms with Gasteiger partial charge in [-0.3, -0.25) is 0 Å². The van der Waals surface area contributed by atoms with E-state index < -0.39 is 10.0 Å². The third kappa shape index (κ3) is 5.21. The summed E-state index contributed by atoms with van der Waals surface area (Å²) in [6.07, 6.45) is 1.38. The maximum Gasteiger partial charge on any atom is 0.211 e. The Balaban J connectivity index is 1.64. The SMILES string of the molecule is CC(C)CS(=O)(=O)NCCn1c(Sc2cc3c(cc2I)OCCO3)nc2c(N)ncnc21. The number of aromatic nitrogens is 4. The highest BCUT2D eigenvalue weighted by Crippen LogP contribution is 2.40. The van der Waals surface area contributed by atoms with Gasteiger partial charge in [-0.25, -0.2) is 28.1 Å². The van der Waals surface area contributed by atoms with Gasteiger partial charge in [0, 0.05) is 21.6 Å². The zero-order chi connectivity index (χ0) is 22.9. The number of hydrogen-bond donors (Lipinski definition) is 2. The fourth-order valence-electron chi connectivity index (χ4n) is 3.25. The first-order valence-electron chi connectivity index (χ1n) is 9.94. The van der Waals surface area contributed by atoms with Gasteiger partial charge in [0.1, 0.15) is 19.5 Å². The fourth-order valence-corrected chi connectivity index (χ4v) is 6.36. The van der Waals surface area contributed by atoms with Crippen LogP contribution in [0.2, 0.25) is 0 Å². The maximum atomic E-state index is 12.2. The molecule has 0 bridgehead atoms. The van der Waals surface area contributed by atoms with Gasteiger partial charge in [0.15, 0.2) is 33.6 Å². The highest BCUT2D eigenvalue weighted by molar-refractivity contribution is 14.1. The Morgan fingerprint density at radius 1 is 1.25 bits per heavy atom. The number of anilines is 1. The highest BCUT2D eigenvalue weighted by atomic mass is 127. The van der Waals surface area contributed by atoms with Crippen LogP contribution in [0.1, 0.15) is 13.8 Å². The minimum atomic E-state index is -3.36. The minimum Gasteiger partial charge on any atom is -0.486 e. The Bertz CT molecular complexity index is 1250. The van der Waals surface area contributed by atoms with Crippen LogP contribution in [0.3, 0.4) is 0 Å². The summed E-state index contributed by atoms with van der Waals surface area (Å²) in [5.74, 6) is 1.78. The van der Waals surface area contributed by atoms with Crippen molar-refractivity contribution in [3.8, 4) is 11.5 Å². The van der Waals surface area contributed by atoms with E-state index in [9.17, 15) is 8.42 Å². The lowest BCUT2D eigenvalue weighted by Crippen LogP contribution is -2.31. The zero-order valence-corrected chi connectivity index (χ0v) is 21.3. The normalized spacial score (nSPS) is 13.8. The van der Waals surface area contributed by atoms with Crippen molar-refractivity contribution in [2.75, 3.05) is 31.2 Å². The molecule has 3 heterocycles. The molecular weight excluding hydrogens is 567 g/mol. The van der Waals surface area contributed by atoms with E-state index in [4.69, 9.17) is 15.2 Å². The monoisotopic (exact) mass is 590 g/mol. The number of benzene rings is 1. The molecule has 0 fully saturated rings. The summed E-state index contributed by atoms with van der Waals surface area (Å²) in [5, 5.41) is 0.629. The van der Waals surface area contributed by atoms with Crippen molar-refractivity contribution in [1.82, 2.24) is 24.2 Å². The largest absolute Gasteiger partial charge is 0.486 e. The number of ether oxygens (including phenoxy) is 2. The van der Waals surface area contributed by atoms with E-state index in [1.807, 2.05) is 30.5 Å². The van der Waals surface area contributed by atoms with Gasteiger partial charge in [0.25, 0.3) is 0 Å². The van der Waals surface area contributed by atoms with E-state index in [0.29, 0.717) is 47.6 Å². The van der Waals surface area contributed by atoms with E-state index >= 15 is 0 Å². The zero-order valence-electron chi connectivity index (χ0n) is 17.5. The van der Waals surface area contributed by atoms with Gasteiger partial charge in [-0.1, -0.05) is 25.6 Å². The van der Waals surface area contributed by atoms with Gasteiger partial charge in [0.05, 0.1) is 5.75 Å². The second kappa shape index (κ2) is 9.57. The molecule has 0 amide bonds. The van der Waals surface area contributed by atoms with Crippen molar-refractivity contribution < 1.29 is 17.9 Å². The second-order valence-electron chi connectivity index (χ2n) is 7.58.